The van der Waals surface area contributed by atoms with Gasteiger partial charge in [0.25, 0.3) is 5.69 Å². The highest BCUT2D eigenvalue weighted by atomic mass is 35.5. The fourth-order valence-corrected chi connectivity index (χ4v) is 1.89. The first kappa shape index (κ1) is 10.2. The first-order chi connectivity index (χ1) is 7.08. The van der Waals surface area contributed by atoms with Gasteiger partial charge in [0.2, 0.25) is 0 Å². The van der Waals surface area contributed by atoms with Crippen LogP contribution >= 0.6 is 11.6 Å². The van der Waals surface area contributed by atoms with Crippen molar-refractivity contribution in [3.8, 4) is 5.75 Å². The predicted octanol–water partition coefficient (Wildman–Crippen LogP) is 2.96. The van der Waals surface area contributed by atoms with E-state index in [1.54, 1.807) is 0 Å². The standard InChI is InChI=1S/C10H10ClNO3/c1-6-2-3-7-4-9(12(13)14)8(11)5-10(7)15-6/h4-6H,2-3H2,1H3. The number of nitrogens with zero attached hydrogens (tertiary/aromatic N) is 1. The van der Waals surface area contributed by atoms with Crippen molar-refractivity contribution in [2.24, 2.45) is 0 Å². The molecule has 0 spiro atoms. The molecule has 0 saturated carbocycles. The highest BCUT2D eigenvalue weighted by Gasteiger charge is 2.22. The lowest BCUT2D eigenvalue weighted by Crippen LogP contribution is -2.18. The van der Waals surface area contributed by atoms with E-state index in [0.29, 0.717) is 5.75 Å². The van der Waals surface area contributed by atoms with Crippen LogP contribution in [0.4, 0.5) is 5.69 Å². The summed E-state index contributed by atoms with van der Waals surface area (Å²) in [5.41, 5.74) is 0.817. The van der Waals surface area contributed by atoms with E-state index in [0.717, 1.165) is 18.4 Å². The normalized spacial score (nSPS) is 19.2. The quantitative estimate of drug-likeness (QED) is 0.548. The molecule has 15 heavy (non-hydrogen) atoms. The summed E-state index contributed by atoms with van der Waals surface area (Å²) in [7, 11) is 0. The van der Waals surface area contributed by atoms with E-state index in [4.69, 9.17) is 16.3 Å². The molecule has 4 nitrogen and oxygen atoms in total. The third-order valence-corrected chi connectivity index (χ3v) is 2.78. The van der Waals surface area contributed by atoms with Crippen LogP contribution in [-0.4, -0.2) is 11.0 Å². The molecule has 1 aliphatic heterocycles. The molecular formula is C10H10ClNO3. The van der Waals surface area contributed by atoms with Gasteiger partial charge >= 0.3 is 0 Å². The zero-order chi connectivity index (χ0) is 11.0. The second kappa shape index (κ2) is 3.70. The molecule has 0 amide bonds. The minimum Gasteiger partial charge on any atom is -0.490 e. The van der Waals surface area contributed by atoms with E-state index in [2.05, 4.69) is 0 Å². The number of fused-ring (bicyclic) bond motifs is 1. The lowest BCUT2D eigenvalue weighted by Gasteiger charge is -2.23. The van der Waals surface area contributed by atoms with Crippen molar-refractivity contribution in [1.82, 2.24) is 0 Å². The molecule has 80 valence electrons. The molecule has 0 N–H and O–H groups in total. The maximum atomic E-state index is 10.7. The van der Waals surface area contributed by atoms with Crippen LogP contribution in [-0.2, 0) is 6.42 Å². The maximum absolute atomic E-state index is 10.7. The van der Waals surface area contributed by atoms with Crippen molar-refractivity contribution >= 4 is 17.3 Å². The number of nitro groups is 1. The third-order valence-electron chi connectivity index (χ3n) is 2.48. The lowest BCUT2D eigenvalue weighted by atomic mass is 10.0. The molecule has 1 atom stereocenters. The van der Waals surface area contributed by atoms with E-state index in [1.165, 1.54) is 12.1 Å². The van der Waals surface area contributed by atoms with Crippen molar-refractivity contribution in [3.63, 3.8) is 0 Å². The molecule has 5 heteroatoms. The highest BCUT2D eigenvalue weighted by Crippen LogP contribution is 2.36. The minimum absolute atomic E-state index is 0.0476. The molecule has 0 fully saturated rings. The molecule has 0 saturated heterocycles. The van der Waals surface area contributed by atoms with Gasteiger partial charge in [-0.1, -0.05) is 11.6 Å². The van der Waals surface area contributed by atoms with E-state index in [-0.39, 0.29) is 16.8 Å². The van der Waals surface area contributed by atoms with Crippen LogP contribution in [0.3, 0.4) is 0 Å². The molecule has 1 aromatic rings. The van der Waals surface area contributed by atoms with Crippen molar-refractivity contribution in [2.45, 2.75) is 25.9 Å². The van der Waals surface area contributed by atoms with Crippen LogP contribution in [0.5, 0.6) is 5.75 Å². The molecular weight excluding hydrogens is 218 g/mol. The lowest BCUT2D eigenvalue weighted by molar-refractivity contribution is -0.384. The topological polar surface area (TPSA) is 52.4 Å². The monoisotopic (exact) mass is 227 g/mol. The fourth-order valence-electron chi connectivity index (χ4n) is 1.67. The van der Waals surface area contributed by atoms with Crippen LogP contribution in [0.2, 0.25) is 5.02 Å². The number of ether oxygens (including phenoxy) is 1. The molecule has 0 bridgehead atoms. The summed E-state index contributed by atoms with van der Waals surface area (Å²) < 4.78 is 5.54. The summed E-state index contributed by atoms with van der Waals surface area (Å²) in [6, 6.07) is 3.04. The average molecular weight is 228 g/mol. The van der Waals surface area contributed by atoms with Crippen LogP contribution in [0.15, 0.2) is 12.1 Å². The van der Waals surface area contributed by atoms with E-state index in [9.17, 15) is 10.1 Å². The van der Waals surface area contributed by atoms with Crippen molar-refractivity contribution in [3.05, 3.63) is 32.8 Å². The number of hydrogen-bond acceptors (Lipinski definition) is 3. The maximum Gasteiger partial charge on any atom is 0.288 e. The third kappa shape index (κ3) is 1.90. The number of rotatable bonds is 1. The number of nitro benzene ring substituents is 1. The Hall–Kier alpha value is -1.29. The summed E-state index contributed by atoms with van der Waals surface area (Å²) in [5.74, 6) is 0.671. The predicted molar refractivity (Wildman–Crippen MR) is 56.5 cm³/mol. The average Bonchev–Trinajstić information content (AvgIpc) is 2.15. The largest absolute Gasteiger partial charge is 0.490 e. The first-order valence-corrected chi connectivity index (χ1v) is 5.09. The Balaban J connectivity index is 2.46. The molecule has 1 heterocycles. The SMILES string of the molecule is CC1CCc2cc([N+](=O)[O-])c(Cl)cc2O1. The Morgan fingerprint density at radius 1 is 1.60 bits per heavy atom. The van der Waals surface area contributed by atoms with Crippen molar-refractivity contribution < 1.29 is 9.66 Å². The minimum atomic E-state index is -0.472. The second-order valence-electron chi connectivity index (χ2n) is 3.64. The summed E-state index contributed by atoms with van der Waals surface area (Å²) >= 11 is 5.78. The Labute approximate surface area is 92.0 Å². The Kier molecular flexibility index (Phi) is 2.52. The van der Waals surface area contributed by atoms with Gasteiger partial charge in [0.15, 0.2) is 0 Å². The smallest absolute Gasteiger partial charge is 0.288 e. The van der Waals surface area contributed by atoms with Gasteiger partial charge in [-0.15, -0.1) is 0 Å². The molecule has 1 unspecified atom stereocenters. The van der Waals surface area contributed by atoms with Gasteiger partial charge in [-0.05, 0) is 19.8 Å². The Bertz CT molecular complexity index is 419. The molecule has 1 aromatic carbocycles. The van der Waals surface area contributed by atoms with Gasteiger partial charge < -0.3 is 4.74 Å². The molecule has 0 aromatic heterocycles. The van der Waals surface area contributed by atoms with Crippen LogP contribution < -0.4 is 4.74 Å². The van der Waals surface area contributed by atoms with E-state index in [1.807, 2.05) is 6.92 Å². The number of halogens is 1. The Morgan fingerprint density at radius 3 is 3.00 bits per heavy atom. The number of aryl methyl sites for hydroxylation is 1. The molecule has 2 rings (SSSR count). The van der Waals surface area contributed by atoms with Crippen LogP contribution in [0.1, 0.15) is 18.9 Å². The van der Waals surface area contributed by atoms with Gasteiger partial charge in [-0.2, -0.15) is 0 Å². The summed E-state index contributed by atoms with van der Waals surface area (Å²) in [4.78, 5) is 10.2. The van der Waals surface area contributed by atoms with Gasteiger partial charge in [0.1, 0.15) is 10.8 Å². The molecule has 0 aliphatic carbocycles. The van der Waals surface area contributed by atoms with Crippen molar-refractivity contribution in [1.29, 1.82) is 0 Å². The summed E-state index contributed by atoms with van der Waals surface area (Å²) in [5, 5.41) is 10.8. The van der Waals surface area contributed by atoms with Crippen LogP contribution in [0, 0.1) is 10.1 Å². The van der Waals surface area contributed by atoms with Gasteiger partial charge in [-0.3, -0.25) is 10.1 Å². The zero-order valence-electron chi connectivity index (χ0n) is 8.20. The Morgan fingerprint density at radius 2 is 2.33 bits per heavy atom. The molecule has 1 aliphatic rings. The zero-order valence-corrected chi connectivity index (χ0v) is 8.95. The summed E-state index contributed by atoms with van der Waals surface area (Å²) in [6.07, 6.45) is 1.83. The highest BCUT2D eigenvalue weighted by molar-refractivity contribution is 6.32. The van der Waals surface area contributed by atoms with Gasteiger partial charge in [-0.25, -0.2) is 0 Å². The number of hydrogen-bond donors (Lipinski definition) is 0. The fraction of sp³-hybridized carbons (Fsp3) is 0.400. The van der Waals surface area contributed by atoms with Crippen LogP contribution in [0.25, 0.3) is 0 Å². The first-order valence-electron chi connectivity index (χ1n) is 4.71. The van der Waals surface area contributed by atoms with Gasteiger partial charge in [0, 0.05) is 17.7 Å². The van der Waals surface area contributed by atoms with Gasteiger partial charge in [0.05, 0.1) is 11.0 Å². The van der Waals surface area contributed by atoms with E-state index < -0.39 is 4.92 Å². The summed E-state index contributed by atoms with van der Waals surface area (Å²) in [6.45, 7) is 1.97. The van der Waals surface area contributed by atoms with Crippen molar-refractivity contribution in [2.75, 3.05) is 0 Å². The number of benzene rings is 1. The second-order valence-corrected chi connectivity index (χ2v) is 4.04. The molecule has 0 radical (unpaired) electrons. The van der Waals surface area contributed by atoms with E-state index >= 15 is 0 Å².